The van der Waals surface area contributed by atoms with Gasteiger partial charge in [-0.15, -0.1) is 0 Å². The van der Waals surface area contributed by atoms with Crippen LogP contribution in [0, 0.1) is 0 Å². The van der Waals surface area contributed by atoms with Gasteiger partial charge in [0.25, 0.3) is 5.91 Å². The van der Waals surface area contributed by atoms with Gasteiger partial charge in [-0.25, -0.2) is 0 Å². The molecule has 3 nitrogen and oxygen atoms in total. The zero-order chi connectivity index (χ0) is 16.3. The van der Waals surface area contributed by atoms with Crippen molar-refractivity contribution in [2.24, 2.45) is 0 Å². The molecule has 1 aromatic rings. The zero-order valence-corrected chi connectivity index (χ0v) is 14.6. The maximum absolute atomic E-state index is 12.1. The largest absolute Gasteiger partial charge is 0.351 e. The molecule has 0 saturated heterocycles. The Hall–Kier alpha value is -1.35. The van der Waals surface area contributed by atoms with Crippen molar-refractivity contribution in [2.45, 2.75) is 65.0 Å². The van der Waals surface area contributed by atoms with Crippen LogP contribution in [0.2, 0.25) is 0 Å². The highest BCUT2D eigenvalue weighted by atomic mass is 16.1. The van der Waals surface area contributed by atoms with Gasteiger partial charge in [0.05, 0.1) is 0 Å². The lowest BCUT2D eigenvalue weighted by molar-refractivity contribution is 0.0908. The molecule has 22 heavy (non-hydrogen) atoms. The number of amides is 1. The molecule has 0 bridgehead atoms. The fraction of sp³-hybridized carbons (Fsp3) is 0.632. The first-order chi connectivity index (χ1) is 10.4. The second-order valence-electron chi connectivity index (χ2n) is 7.04. The van der Waals surface area contributed by atoms with E-state index in [1.165, 1.54) is 5.56 Å². The summed E-state index contributed by atoms with van der Waals surface area (Å²) in [4.78, 5) is 14.7. The lowest BCUT2D eigenvalue weighted by Crippen LogP contribution is -2.49. The highest BCUT2D eigenvalue weighted by Crippen LogP contribution is 2.36. The van der Waals surface area contributed by atoms with E-state index in [2.05, 4.69) is 57.0 Å². The van der Waals surface area contributed by atoms with Gasteiger partial charge in [-0.2, -0.15) is 0 Å². The Morgan fingerprint density at radius 1 is 1.18 bits per heavy atom. The van der Waals surface area contributed by atoms with Crippen LogP contribution < -0.4 is 5.32 Å². The maximum Gasteiger partial charge on any atom is 0.251 e. The van der Waals surface area contributed by atoms with Crippen molar-refractivity contribution < 1.29 is 4.79 Å². The van der Waals surface area contributed by atoms with Gasteiger partial charge in [0, 0.05) is 29.6 Å². The minimum Gasteiger partial charge on any atom is -0.351 e. The smallest absolute Gasteiger partial charge is 0.251 e. The molecule has 1 atom stereocenters. The Bertz CT molecular complexity index is 516. The average molecular weight is 302 g/mol. The molecule has 1 heterocycles. The van der Waals surface area contributed by atoms with E-state index >= 15 is 0 Å². The van der Waals surface area contributed by atoms with Gasteiger partial charge >= 0.3 is 0 Å². The van der Waals surface area contributed by atoms with E-state index in [1.807, 2.05) is 12.1 Å². The number of hydrogen-bond donors (Lipinski definition) is 1. The van der Waals surface area contributed by atoms with Crippen LogP contribution in [0.3, 0.4) is 0 Å². The molecule has 122 valence electrons. The normalized spacial score (nSPS) is 21.4. The zero-order valence-electron chi connectivity index (χ0n) is 14.6. The van der Waals surface area contributed by atoms with Crippen molar-refractivity contribution in [2.75, 3.05) is 13.1 Å². The summed E-state index contributed by atoms with van der Waals surface area (Å²) in [6, 6.07) is 9.21. The van der Waals surface area contributed by atoms with E-state index in [0.29, 0.717) is 12.1 Å². The topological polar surface area (TPSA) is 32.3 Å². The molecule has 0 fully saturated rings. The van der Waals surface area contributed by atoms with Crippen molar-refractivity contribution in [3.05, 3.63) is 35.4 Å². The molecule has 1 aliphatic heterocycles. The first-order valence-corrected chi connectivity index (χ1v) is 8.54. The number of carbonyl (C=O) groups is 1. The SMILES string of the molecule is CCC1(CCN(C(C)C)C(C)C)CNC(=O)c2ccccc21. The number of nitrogens with one attached hydrogen (secondary N) is 1. The van der Waals surface area contributed by atoms with Crippen LogP contribution in [-0.4, -0.2) is 36.0 Å². The first-order valence-electron chi connectivity index (χ1n) is 8.54. The molecule has 1 amide bonds. The molecule has 1 N–H and O–H groups in total. The molecule has 0 radical (unpaired) electrons. The fourth-order valence-electron chi connectivity index (χ4n) is 3.75. The molecular weight excluding hydrogens is 272 g/mol. The van der Waals surface area contributed by atoms with Crippen molar-refractivity contribution in [1.82, 2.24) is 10.2 Å². The second kappa shape index (κ2) is 6.82. The minimum atomic E-state index is 0.0620. The van der Waals surface area contributed by atoms with Gasteiger partial charge < -0.3 is 5.32 Å². The van der Waals surface area contributed by atoms with Crippen LogP contribution in [0.4, 0.5) is 0 Å². The fourth-order valence-corrected chi connectivity index (χ4v) is 3.75. The van der Waals surface area contributed by atoms with Crippen LogP contribution in [-0.2, 0) is 5.41 Å². The third-order valence-corrected chi connectivity index (χ3v) is 5.18. The van der Waals surface area contributed by atoms with E-state index < -0.39 is 0 Å². The van der Waals surface area contributed by atoms with Gasteiger partial charge in [0.15, 0.2) is 0 Å². The van der Waals surface area contributed by atoms with Crippen LogP contribution in [0.25, 0.3) is 0 Å². The number of hydrogen-bond acceptors (Lipinski definition) is 2. The van der Waals surface area contributed by atoms with Crippen LogP contribution in [0.15, 0.2) is 24.3 Å². The Morgan fingerprint density at radius 2 is 1.82 bits per heavy atom. The van der Waals surface area contributed by atoms with Gasteiger partial charge in [0.1, 0.15) is 0 Å². The van der Waals surface area contributed by atoms with Crippen LogP contribution in [0.5, 0.6) is 0 Å². The van der Waals surface area contributed by atoms with Gasteiger partial charge in [-0.05, 0) is 58.7 Å². The average Bonchev–Trinajstić information content (AvgIpc) is 2.49. The Balaban J connectivity index is 2.27. The summed E-state index contributed by atoms with van der Waals surface area (Å²) in [7, 11) is 0. The number of fused-ring (bicyclic) bond motifs is 1. The summed E-state index contributed by atoms with van der Waals surface area (Å²) in [6.45, 7) is 13.1. The minimum absolute atomic E-state index is 0.0620. The van der Waals surface area contributed by atoms with E-state index in [-0.39, 0.29) is 11.3 Å². The Morgan fingerprint density at radius 3 is 2.41 bits per heavy atom. The second-order valence-corrected chi connectivity index (χ2v) is 7.04. The Kier molecular flexibility index (Phi) is 5.28. The maximum atomic E-state index is 12.1. The van der Waals surface area contributed by atoms with Gasteiger partial charge in [-0.3, -0.25) is 9.69 Å². The van der Waals surface area contributed by atoms with Crippen LogP contribution >= 0.6 is 0 Å². The van der Waals surface area contributed by atoms with Gasteiger partial charge in [0.2, 0.25) is 0 Å². The molecule has 0 spiro atoms. The number of nitrogens with zero attached hydrogens (tertiary/aromatic N) is 1. The summed E-state index contributed by atoms with van der Waals surface area (Å²) >= 11 is 0. The highest BCUT2D eigenvalue weighted by Gasteiger charge is 2.38. The summed E-state index contributed by atoms with van der Waals surface area (Å²) in [5, 5.41) is 3.10. The summed E-state index contributed by atoms with van der Waals surface area (Å²) in [6.07, 6.45) is 2.13. The summed E-state index contributed by atoms with van der Waals surface area (Å²) in [5.41, 5.74) is 2.15. The molecule has 3 heteroatoms. The van der Waals surface area contributed by atoms with Crippen LogP contribution in [0.1, 0.15) is 63.4 Å². The molecular formula is C19H30N2O. The molecule has 1 aliphatic rings. The predicted octanol–water partition coefficient (Wildman–Crippen LogP) is 3.59. The standard InChI is InChI=1S/C19H30N2O/c1-6-19(11-12-21(14(2)3)15(4)5)13-20-18(22)16-9-7-8-10-17(16)19/h7-10,14-15H,6,11-13H2,1-5H3,(H,20,22). The van der Waals surface area contributed by atoms with E-state index in [9.17, 15) is 4.79 Å². The van der Waals surface area contributed by atoms with Crippen molar-refractivity contribution in [3.63, 3.8) is 0 Å². The third-order valence-electron chi connectivity index (χ3n) is 5.18. The van der Waals surface area contributed by atoms with E-state index in [4.69, 9.17) is 0 Å². The molecule has 2 rings (SSSR count). The van der Waals surface area contributed by atoms with Crippen molar-refractivity contribution in [1.29, 1.82) is 0 Å². The monoisotopic (exact) mass is 302 g/mol. The first kappa shape index (κ1) is 17.0. The summed E-state index contributed by atoms with van der Waals surface area (Å²) < 4.78 is 0. The number of carbonyl (C=O) groups excluding carboxylic acids is 1. The number of rotatable bonds is 6. The quantitative estimate of drug-likeness (QED) is 0.871. The lowest BCUT2D eigenvalue weighted by Gasteiger charge is -2.41. The molecule has 0 saturated carbocycles. The van der Waals surface area contributed by atoms with Crippen molar-refractivity contribution >= 4 is 5.91 Å². The highest BCUT2D eigenvalue weighted by molar-refractivity contribution is 5.97. The molecule has 1 aromatic carbocycles. The van der Waals surface area contributed by atoms with Gasteiger partial charge in [-0.1, -0.05) is 25.1 Å². The Labute approximate surface area is 135 Å². The lowest BCUT2D eigenvalue weighted by atomic mass is 9.71. The van der Waals surface area contributed by atoms with E-state index in [0.717, 1.165) is 31.5 Å². The molecule has 1 unspecified atom stereocenters. The third kappa shape index (κ3) is 3.19. The summed E-state index contributed by atoms with van der Waals surface area (Å²) in [5.74, 6) is 0.0734. The van der Waals surface area contributed by atoms with E-state index in [1.54, 1.807) is 0 Å². The predicted molar refractivity (Wildman–Crippen MR) is 92.3 cm³/mol. The molecule has 0 aliphatic carbocycles. The number of benzene rings is 1. The van der Waals surface area contributed by atoms with Crippen molar-refractivity contribution in [3.8, 4) is 0 Å². The molecule has 0 aromatic heterocycles.